The van der Waals surface area contributed by atoms with Gasteiger partial charge in [-0.05, 0) is 24.6 Å². The summed E-state index contributed by atoms with van der Waals surface area (Å²) < 4.78 is 6.37. The minimum Gasteiger partial charge on any atom is -0.488 e. The Bertz CT molecular complexity index is 831. The number of amides is 1. The first-order valence-corrected chi connectivity index (χ1v) is 8.56. The van der Waals surface area contributed by atoms with E-state index in [-0.39, 0.29) is 5.91 Å². The van der Waals surface area contributed by atoms with Crippen molar-refractivity contribution in [1.82, 2.24) is 5.32 Å². The molecule has 0 spiro atoms. The van der Waals surface area contributed by atoms with Crippen LogP contribution in [0.2, 0.25) is 0 Å². The number of ether oxygens (including phenoxy) is 1. The molecule has 0 unspecified atom stereocenters. The van der Waals surface area contributed by atoms with E-state index in [1.54, 1.807) is 18.2 Å². The molecule has 24 heavy (non-hydrogen) atoms. The van der Waals surface area contributed by atoms with Gasteiger partial charge in [-0.3, -0.25) is 4.79 Å². The zero-order valence-electron chi connectivity index (χ0n) is 13.0. The van der Waals surface area contributed by atoms with Gasteiger partial charge in [0.15, 0.2) is 0 Å². The van der Waals surface area contributed by atoms with Crippen molar-refractivity contribution in [2.24, 2.45) is 0 Å². The van der Waals surface area contributed by atoms with E-state index in [1.807, 2.05) is 37.3 Å². The molecular formula is C18H14BNO2S2. The molecule has 1 fully saturated rings. The van der Waals surface area contributed by atoms with Gasteiger partial charge in [-0.15, -0.1) is 0 Å². The minimum atomic E-state index is -0.197. The SMILES string of the molecule is [B]c1ccc(OCc2ccc(C)cc2)c(/C=C2\SC(=S)NC2=O)c1. The fourth-order valence-corrected chi connectivity index (χ4v) is 3.25. The number of carbonyl (C=O) groups excluding carboxylic acids is 1. The summed E-state index contributed by atoms with van der Waals surface area (Å²) in [6, 6.07) is 13.5. The molecule has 0 aliphatic carbocycles. The Kier molecular flexibility index (Phi) is 5.07. The zero-order chi connectivity index (χ0) is 17.1. The third kappa shape index (κ3) is 4.07. The summed E-state index contributed by atoms with van der Waals surface area (Å²) in [6.45, 7) is 2.49. The van der Waals surface area contributed by atoms with Crippen molar-refractivity contribution < 1.29 is 9.53 Å². The molecule has 0 atom stereocenters. The summed E-state index contributed by atoms with van der Waals surface area (Å²) in [4.78, 5) is 12.4. The number of carbonyl (C=O) groups is 1. The van der Waals surface area contributed by atoms with E-state index in [9.17, 15) is 4.79 Å². The van der Waals surface area contributed by atoms with Crippen LogP contribution >= 0.6 is 24.0 Å². The van der Waals surface area contributed by atoms with Crippen molar-refractivity contribution >= 4 is 53.6 Å². The third-order valence-electron chi connectivity index (χ3n) is 3.48. The second kappa shape index (κ2) is 7.24. The van der Waals surface area contributed by atoms with E-state index in [0.717, 1.165) is 11.1 Å². The highest BCUT2D eigenvalue weighted by molar-refractivity contribution is 8.26. The van der Waals surface area contributed by atoms with E-state index in [0.29, 0.717) is 27.0 Å². The molecule has 1 amide bonds. The molecule has 2 aromatic carbocycles. The van der Waals surface area contributed by atoms with Crippen molar-refractivity contribution in [3.63, 3.8) is 0 Å². The average Bonchev–Trinajstić information content (AvgIpc) is 2.86. The van der Waals surface area contributed by atoms with Gasteiger partial charge in [0.25, 0.3) is 5.91 Å². The maximum Gasteiger partial charge on any atom is 0.263 e. The monoisotopic (exact) mass is 351 g/mol. The first-order valence-electron chi connectivity index (χ1n) is 7.34. The van der Waals surface area contributed by atoms with Crippen LogP contribution < -0.4 is 15.5 Å². The van der Waals surface area contributed by atoms with Crippen molar-refractivity contribution in [1.29, 1.82) is 0 Å². The second-order valence-corrected chi connectivity index (χ2v) is 7.14. The van der Waals surface area contributed by atoms with Crippen molar-refractivity contribution in [3.8, 4) is 5.75 Å². The Morgan fingerprint density at radius 3 is 2.67 bits per heavy atom. The van der Waals surface area contributed by atoms with E-state index in [2.05, 4.69) is 5.32 Å². The lowest BCUT2D eigenvalue weighted by atomic mass is 9.94. The second-order valence-electron chi connectivity index (χ2n) is 5.42. The molecule has 118 valence electrons. The van der Waals surface area contributed by atoms with Gasteiger partial charge in [0.2, 0.25) is 0 Å². The van der Waals surface area contributed by atoms with Gasteiger partial charge in [-0.2, -0.15) is 0 Å². The lowest BCUT2D eigenvalue weighted by Gasteiger charge is -2.11. The minimum absolute atomic E-state index is 0.197. The van der Waals surface area contributed by atoms with Gasteiger partial charge >= 0.3 is 0 Å². The van der Waals surface area contributed by atoms with E-state index < -0.39 is 0 Å². The zero-order valence-corrected chi connectivity index (χ0v) is 14.7. The maximum atomic E-state index is 11.8. The number of hydrogen-bond donors (Lipinski definition) is 1. The predicted molar refractivity (Wildman–Crippen MR) is 104 cm³/mol. The van der Waals surface area contributed by atoms with Crippen LogP contribution in [-0.4, -0.2) is 18.1 Å². The standard InChI is InChI=1S/C18H14BNO2S2/c1-11-2-4-12(5-3-11)10-22-15-7-6-14(19)8-13(15)9-16-17(21)20-18(23)24-16/h2-9H,10H2,1H3,(H,20,21,23)/b16-9-. The molecule has 1 N–H and O–H groups in total. The first kappa shape index (κ1) is 16.8. The summed E-state index contributed by atoms with van der Waals surface area (Å²) in [5, 5.41) is 2.60. The van der Waals surface area contributed by atoms with E-state index >= 15 is 0 Å². The van der Waals surface area contributed by atoms with Crippen LogP contribution in [0.15, 0.2) is 47.4 Å². The summed E-state index contributed by atoms with van der Waals surface area (Å²) in [5.41, 5.74) is 3.64. The predicted octanol–water partition coefficient (Wildman–Crippen LogP) is 2.86. The number of nitrogens with one attached hydrogen (secondary N) is 1. The first-order chi connectivity index (χ1) is 11.5. The highest BCUT2D eigenvalue weighted by atomic mass is 32.2. The van der Waals surface area contributed by atoms with Crippen molar-refractivity contribution in [3.05, 3.63) is 64.1 Å². The number of rotatable bonds is 4. The molecule has 3 rings (SSSR count). The van der Waals surface area contributed by atoms with E-state index in [4.69, 9.17) is 24.8 Å². The summed E-state index contributed by atoms with van der Waals surface area (Å²) in [6.07, 6.45) is 1.75. The van der Waals surface area contributed by atoms with Gasteiger partial charge in [0, 0.05) is 5.56 Å². The Morgan fingerprint density at radius 2 is 2.00 bits per heavy atom. The summed E-state index contributed by atoms with van der Waals surface area (Å²) in [7, 11) is 5.87. The summed E-state index contributed by atoms with van der Waals surface area (Å²) in [5.74, 6) is 0.473. The number of thioether (sulfide) groups is 1. The molecule has 1 heterocycles. The van der Waals surface area contributed by atoms with Gasteiger partial charge in [-0.1, -0.05) is 71.4 Å². The van der Waals surface area contributed by atoms with Crippen LogP contribution in [0.3, 0.4) is 0 Å². The summed E-state index contributed by atoms with van der Waals surface area (Å²) >= 11 is 6.24. The molecule has 1 aliphatic heterocycles. The number of thiocarbonyl (C=S) groups is 1. The Morgan fingerprint density at radius 1 is 1.25 bits per heavy atom. The van der Waals surface area contributed by atoms with E-state index in [1.165, 1.54) is 17.3 Å². The highest BCUT2D eigenvalue weighted by Crippen LogP contribution is 2.29. The van der Waals surface area contributed by atoms with Gasteiger partial charge in [0.05, 0.1) is 4.91 Å². The number of benzene rings is 2. The molecule has 0 bridgehead atoms. The van der Waals surface area contributed by atoms with Gasteiger partial charge in [-0.25, -0.2) is 0 Å². The lowest BCUT2D eigenvalue weighted by molar-refractivity contribution is -0.115. The molecule has 2 aromatic rings. The molecule has 3 nitrogen and oxygen atoms in total. The fraction of sp³-hybridized carbons (Fsp3) is 0.111. The fourth-order valence-electron chi connectivity index (χ4n) is 2.22. The maximum absolute atomic E-state index is 11.8. The highest BCUT2D eigenvalue weighted by Gasteiger charge is 2.22. The molecule has 0 saturated carbocycles. The molecule has 6 heteroatoms. The quantitative estimate of drug-likeness (QED) is 0.522. The molecular weight excluding hydrogens is 337 g/mol. The van der Waals surface area contributed by atoms with Gasteiger partial charge < -0.3 is 10.1 Å². The normalized spacial score (nSPS) is 15.6. The number of hydrogen-bond acceptors (Lipinski definition) is 4. The van der Waals surface area contributed by atoms with Gasteiger partial charge in [0.1, 0.15) is 24.5 Å². The van der Waals surface area contributed by atoms with Crippen molar-refractivity contribution in [2.45, 2.75) is 13.5 Å². The largest absolute Gasteiger partial charge is 0.488 e. The molecule has 0 aromatic heterocycles. The Labute approximate surface area is 151 Å². The van der Waals surface area contributed by atoms with Crippen LogP contribution in [0.25, 0.3) is 6.08 Å². The van der Waals surface area contributed by atoms with Crippen molar-refractivity contribution in [2.75, 3.05) is 0 Å². The molecule has 2 radical (unpaired) electrons. The molecule has 1 saturated heterocycles. The topological polar surface area (TPSA) is 38.3 Å². The smallest absolute Gasteiger partial charge is 0.263 e. The van der Waals surface area contributed by atoms with Crippen LogP contribution in [-0.2, 0) is 11.4 Å². The Hall–Kier alpha value is -2.05. The molecule has 1 aliphatic rings. The average molecular weight is 351 g/mol. The Balaban J connectivity index is 1.83. The van der Waals surface area contributed by atoms with Crippen LogP contribution in [0.4, 0.5) is 0 Å². The van der Waals surface area contributed by atoms with Crippen LogP contribution in [0.5, 0.6) is 5.75 Å². The lowest BCUT2D eigenvalue weighted by Crippen LogP contribution is -2.17. The van der Waals surface area contributed by atoms with Crippen LogP contribution in [0, 0.1) is 6.92 Å². The third-order valence-corrected chi connectivity index (χ3v) is 4.64. The van der Waals surface area contributed by atoms with Crippen LogP contribution in [0.1, 0.15) is 16.7 Å². The number of aryl methyl sites for hydroxylation is 1.